The van der Waals surface area contributed by atoms with Gasteiger partial charge in [-0.15, -0.1) is 24.5 Å². The van der Waals surface area contributed by atoms with E-state index in [1.54, 1.807) is 6.92 Å². The van der Waals surface area contributed by atoms with Crippen molar-refractivity contribution in [3.63, 3.8) is 0 Å². The van der Waals surface area contributed by atoms with Crippen LogP contribution in [0.2, 0.25) is 0 Å². The lowest BCUT2D eigenvalue weighted by Gasteiger charge is -2.20. The van der Waals surface area contributed by atoms with Crippen LogP contribution in [-0.4, -0.2) is 6.36 Å². The normalized spacial score (nSPS) is 12.2. The summed E-state index contributed by atoms with van der Waals surface area (Å²) in [5, 5.41) is 0. The molecule has 3 aromatic rings. The lowest BCUT2D eigenvalue weighted by atomic mass is 10.1. The average Bonchev–Trinajstić information content (AvgIpc) is 3.03. The van der Waals surface area contributed by atoms with E-state index in [4.69, 9.17) is 0 Å². The fourth-order valence-electron chi connectivity index (χ4n) is 2.78. The maximum absolute atomic E-state index is 14.4. The van der Waals surface area contributed by atoms with E-state index in [2.05, 4.69) is 9.47 Å². The number of hydrogen-bond acceptors (Lipinski definition) is 3. The van der Waals surface area contributed by atoms with Crippen molar-refractivity contribution in [2.45, 2.75) is 25.8 Å². The number of hydrogen-bond donors (Lipinski definition) is 0. The number of halogens is 10. The largest absolute Gasteiger partial charge is 0.573 e. The Labute approximate surface area is 183 Å². The minimum Gasteiger partial charge on any atom is -0.429 e. The first-order chi connectivity index (χ1) is 15.2. The summed E-state index contributed by atoms with van der Waals surface area (Å²) in [6.45, 7) is 1.70. The van der Waals surface area contributed by atoms with E-state index in [1.165, 1.54) is 0 Å². The molecule has 1 heterocycles. The van der Waals surface area contributed by atoms with Crippen molar-refractivity contribution in [3.05, 3.63) is 69.9 Å². The summed E-state index contributed by atoms with van der Waals surface area (Å²) in [5.74, 6) is -12.0. The van der Waals surface area contributed by atoms with E-state index in [9.17, 15) is 43.9 Å². The molecule has 0 aliphatic rings. The van der Waals surface area contributed by atoms with Gasteiger partial charge in [-0.2, -0.15) is 8.78 Å². The molecule has 0 bridgehead atoms. The second-order valence-electron chi connectivity index (χ2n) is 6.44. The Kier molecular flexibility index (Phi) is 6.55. The van der Waals surface area contributed by atoms with Gasteiger partial charge in [-0.3, -0.25) is 0 Å². The smallest absolute Gasteiger partial charge is 0.429 e. The Bertz CT molecular complexity index is 1140. The Balaban J connectivity index is 1.95. The van der Waals surface area contributed by atoms with Gasteiger partial charge < -0.3 is 9.47 Å². The Morgan fingerprint density at radius 1 is 0.727 bits per heavy atom. The molecule has 0 amide bonds. The predicted molar refractivity (Wildman–Crippen MR) is 96.6 cm³/mol. The van der Waals surface area contributed by atoms with Crippen molar-refractivity contribution >= 4 is 11.3 Å². The van der Waals surface area contributed by atoms with Gasteiger partial charge >= 0.3 is 12.5 Å². The van der Waals surface area contributed by atoms with Gasteiger partial charge in [-0.05, 0) is 24.6 Å². The zero-order chi connectivity index (χ0) is 24.7. The van der Waals surface area contributed by atoms with E-state index in [0.29, 0.717) is 23.4 Å². The van der Waals surface area contributed by atoms with Crippen LogP contribution in [0, 0.1) is 29.1 Å². The van der Waals surface area contributed by atoms with Crippen LogP contribution in [-0.2, 0) is 12.5 Å². The summed E-state index contributed by atoms with van der Waals surface area (Å²) in [7, 11) is 0. The number of aryl methyl sites for hydroxylation is 1. The molecule has 0 atom stereocenters. The van der Waals surface area contributed by atoms with Crippen LogP contribution < -0.4 is 9.47 Å². The number of ether oxygens (including phenoxy) is 2. The Morgan fingerprint density at radius 2 is 1.27 bits per heavy atom. The van der Waals surface area contributed by atoms with E-state index in [-0.39, 0.29) is 22.6 Å². The van der Waals surface area contributed by atoms with E-state index < -0.39 is 58.6 Å². The molecule has 2 aromatic carbocycles. The van der Waals surface area contributed by atoms with Gasteiger partial charge in [0, 0.05) is 22.6 Å². The van der Waals surface area contributed by atoms with Gasteiger partial charge in [-0.1, -0.05) is 6.92 Å². The highest BCUT2D eigenvalue weighted by atomic mass is 32.1. The molecule has 0 fully saturated rings. The van der Waals surface area contributed by atoms with Crippen LogP contribution in [0.1, 0.15) is 17.4 Å². The zero-order valence-corrected chi connectivity index (χ0v) is 16.9. The van der Waals surface area contributed by atoms with Gasteiger partial charge in [0.25, 0.3) is 0 Å². The van der Waals surface area contributed by atoms with Crippen molar-refractivity contribution in [2.24, 2.45) is 0 Å². The predicted octanol–water partition coefficient (Wildman–Crippen LogP) is 7.70. The molecule has 33 heavy (non-hydrogen) atoms. The van der Waals surface area contributed by atoms with Gasteiger partial charge in [0.15, 0.2) is 11.6 Å². The molecule has 13 heteroatoms. The molecule has 0 spiro atoms. The molecule has 0 aliphatic heterocycles. The van der Waals surface area contributed by atoms with Gasteiger partial charge in [0.2, 0.25) is 5.75 Å². The van der Waals surface area contributed by atoms with E-state index >= 15 is 0 Å². The van der Waals surface area contributed by atoms with Crippen LogP contribution >= 0.6 is 11.3 Å². The molecule has 0 saturated heterocycles. The lowest BCUT2D eigenvalue weighted by molar-refractivity contribution is -0.276. The lowest BCUT2D eigenvalue weighted by Crippen LogP contribution is -2.25. The van der Waals surface area contributed by atoms with Crippen molar-refractivity contribution in [2.75, 3.05) is 0 Å². The summed E-state index contributed by atoms with van der Waals surface area (Å²) in [6, 6.07) is 1.79. The first kappa shape index (κ1) is 24.7. The van der Waals surface area contributed by atoms with E-state index in [0.717, 1.165) is 17.4 Å². The summed E-state index contributed by atoms with van der Waals surface area (Å²) in [5.41, 5.74) is -2.34. The molecule has 0 unspecified atom stereocenters. The number of rotatable bonds is 6. The maximum Gasteiger partial charge on any atom is 0.573 e. The van der Waals surface area contributed by atoms with E-state index in [1.807, 2.05) is 0 Å². The fourth-order valence-corrected chi connectivity index (χ4v) is 3.74. The monoisotopic (exact) mass is 504 g/mol. The van der Waals surface area contributed by atoms with Crippen LogP contribution in [0.4, 0.5) is 43.9 Å². The summed E-state index contributed by atoms with van der Waals surface area (Å²) in [6.07, 6.45) is -9.93. The van der Waals surface area contributed by atoms with Crippen LogP contribution in [0.15, 0.2) is 30.3 Å². The highest BCUT2D eigenvalue weighted by Crippen LogP contribution is 2.40. The molecule has 0 saturated carbocycles. The van der Waals surface area contributed by atoms with Crippen molar-refractivity contribution in [1.82, 2.24) is 0 Å². The third-order valence-electron chi connectivity index (χ3n) is 4.12. The molecule has 3 rings (SSSR count). The highest BCUT2D eigenvalue weighted by molar-refractivity contribution is 7.15. The summed E-state index contributed by atoms with van der Waals surface area (Å²) >= 11 is 0.852. The van der Waals surface area contributed by atoms with Crippen molar-refractivity contribution < 1.29 is 53.4 Å². The van der Waals surface area contributed by atoms with Gasteiger partial charge in [0.1, 0.15) is 28.8 Å². The second kappa shape index (κ2) is 8.76. The fraction of sp³-hybridized carbons (Fsp3) is 0.200. The first-order valence-corrected chi connectivity index (χ1v) is 9.63. The van der Waals surface area contributed by atoms with Gasteiger partial charge in [-0.25, -0.2) is 22.0 Å². The zero-order valence-electron chi connectivity index (χ0n) is 16.1. The molecule has 0 N–H and O–H groups in total. The van der Waals surface area contributed by atoms with Crippen LogP contribution in [0.3, 0.4) is 0 Å². The van der Waals surface area contributed by atoms with Crippen molar-refractivity contribution in [1.29, 1.82) is 0 Å². The molecule has 2 nitrogen and oxygen atoms in total. The average molecular weight is 504 g/mol. The Morgan fingerprint density at radius 3 is 1.73 bits per heavy atom. The highest BCUT2D eigenvalue weighted by Gasteiger charge is 2.42. The molecular weight excluding hydrogens is 494 g/mol. The number of alkyl halides is 5. The third kappa shape index (κ3) is 5.34. The summed E-state index contributed by atoms with van der Waals surface area (Å²) < 4.78 is 143. The van der Waals surface area contributed by atoms with Crippen LogP contribution in [0.5, 0.6) is 11.5 Å². The Hall–Kier alpha value is -2.96. The SMILES string of the molecule is CCc1cc(F)c(-c2cc(F)c(C(F)(F)Oc3cc(F)c(OC(F)(F)F)c(F)c3)c(F)c2)s1. The van der Waals surface area contributed by atoms with Gasteiger partial charge in [0.05, 0.1) is 4.88 Å². The third-order valence-corrected chi connectivity index (χ3v) is 5.42. The first-order valence-electron chi connectivity index (χ1n) is 8.81. The quantitative estimate of drug-likeness (QED) is 0.321. The number of benzene rings is 2. The minimum absolute atomic E-state index is 0.0878. The summed E-state index contributed by atoms with van der Waals surface area (Å²) in [4.78, 5) is 0.327. The van der Waals surface area contributed by atoms with Crippen LogP contribution in [0.25, 0.3) is 10.4 Å². The number of thiophene rings is 1. The van der Waals surface area contributed by atoms with Crippen molar-refractivity contribution in [3.8, 4) is 21.9 Å². The maximum atomic E-state index is 14.4. The molecule has 1 aromatic heterocycles. The topological polar surface area (TPSA) is 18.5 Å². The standard InChI is InChI=1S/C20H10F10O2S/c1-2-10-7-15(25)18(33-10)8-3-11(21)16(12(22)4-8)19(26,27)31-9-5-13(23)17(14(24)6-9)32-20(28,29)30/h3-7H,2H2,1H3. The second-order valence-corrected chi connectivity index (χ2v) is 7.58. The molecule has 0 aliphatic carbocycles. The minimum atomic E-state index is -5.48. The molecule has 0 radical (unpaired) electrons. The molecule has 178 valence electrons. The molecular formula is C20H10F10O2S.